The molecule has 3 aromatic rings. The Morgan fingerprint density at radius 3 is 2.48 bits per heavy atom. The van der Waals surface area contributed by atoms with E-state index in [0.29, 0.717) is 36.0 Å². The molecule has 4 rings (SSSR count). The molecule has 1 aliphatic heterocycles. The topological polar surface area (TPSA) is 80.1 Å². The van der Waals surface area contributed by atoms with Crippen LogP contribution >= 0.6 is 0 Å². The highest BCUT2D eigenvalue weighted by atomic mass is 19.4. The van der Waals surface area contributed by atoms with Crippen LogP contribution in [0.5, 0.6) is 0 Å². The van der Waals surface area contributed by atoms with Gasteiger partial charge in [-0.2, -0.15) is 23.1 Å². The van der Waals surface area contributed by atoms with Crippen molar-refractivity contribution in [3.8, 4) is 0 Å². The summed E-state index contributed by atoms with van der Waals surface area (Å²) in [6, 6.07) is 5.15. The minimum Gasteiger partial charge on any atom is -0.379 e. The zero-order valence-electron chi connectivity index (χ0n) is 18.5. The molecule has 1 aromatic carbocycles. The zero-order valence-corrected chi connectivity index (χ0v) is 18.5. The zero-order chi connectivity index (χ0) is 23.3. The summed E-state index contributed by atoms with van der Waals surface area (Å²) >= 11 is 0. The Morgan fingerprint density at radius 1 is 1.03 bits per heavy atom. The van der Waals surface area contributed by atoms with Crippen molar-refractivity contribution in [3.63, 3.8) is 0 Å². The van der Waals surface area contributed by atoms with E-state index in [4.69, 9.17) is 4.74 Å². The van der Waals surface area contributed by atoms with Gasteiger partial charge < -0.3 is 19.9 Å². The first-order chi connectivity index (χ1) is 15.9. The van der Waals surface area contributed by atoms with Crippen LogP contribution in [0.15, 0.2) is 30.6 Å². The van der Waals surface area contributed by atoms with Crippen molar-refractivity contribution in [1.82, 2.24) is 24.4 Å². The highest BCUT2D eigenvalue weighted by molar-refractivity contribution is 5.84. The van der Waals surface area contributed by atoms with Gasteiger partial charge in [0.25, 0.3) is 0 Å². The minimum atomic E-state index is -4.35. The third-order valence-electron chi connectivity index (χ3n) is 5.46. The predicted octanol–water partition coefficient (Wildman–Crippen LogP) is 3.46. The molecule has 2 aromatic heterocycles. The second-order valence-corrected chi connectivity index (χ2v) is 7.94. The monoisotopic (exact) mass is 463 g/mol. The summed E-state index contributed by atoms with van der Waals surface area (Å²) in [5, 5.41) is 6.59. The lowest BCUT2D eigenvalue weighted by Crippen LogP contribution is -2.39. The lowest BCUT2D eigenvalue weighted by Gasteiger charge is -2.26. The van der Waals surface area contributed by atoms with Crippen LogP contribution in [-0.4, -0.2) is 70.4 Å². The number of imidazole rings is 1. The van der Waals surface area contributed by atoms with Gasteiger partial charge in [-0.05, 0) is 24.1 Å². The van der Waals surface area contributed by atoms with Crippen LogP contribution in [0.2, 0.25) is 0 Å². The molecule has 0 atom stereocenters. The summed E-state index contributed by atoms with van der Waals surface area (Å²) in [5.74, 6) is 1.13. The maximum atomic E-state index is 12.9. The fraction of sp³-hybridized carbons (Fsp3) is 0.500. The van der Waals surface area contributed by atoms with E-state index in [1.807, 2.05) is 4.57 Å². The molecule has 0 radical (unpaired) electrons. The fourth-order valence-electron chi connectivity index (χ4n) is 3.65. The van der Waals surface area contributed by atoms with Crippen LogP contribution in [0.1, 0.15) is 24.5 Å². The summed E-state index contributed by atoms with van der Waals surface area (Å²) in [7, 11) is 0. The van der Waals surface area contributed by atoms with Crippen molar-refractivity contribution < 1.29 is 17.9 Å². The number of fused-ring (bicyclic) bond motifs is 1. The van der Waals surface area contributed by atoms with Gasteiger partial charge in [-0.1, -0.05) is 19.1 Å². The van der Waals surface area contributed by atoms with E-state index in [0.717, 1.165) is 63.5 Å². The van der Waals surface area contributed by atoms with Crippen LogP contribution in [0.3, 0.4) is 0 Å². The van der Waals surface area contributed by atoms with Crippen molar-refractivity contribution in [1.29, 1.82) is 0 Å². The van der Waals surface area contributed by atoms with Crippen LogP contribution in [0, 0.1) is 0 Å². The van der Waals surface area contributed by atoms with E-state index >= 15 is 0 Å². The van der Waals surface area contributed by atoms with Crippen molar-refractivity contribution in [2.24, 2.45) is 0 Å². The van der Waals surface area contributed by atoms with E-state index in [9.17, 15) is 13.2 Å². The number of hydrogen-bond donors (Lipinski definition) is 2. The number of morpholine rings is 1. The van der Waals surface area contributed by atoms with Crippen LogP contribution in [0.4, 0.5) is 24.9 Å². The smallest absolute Gasteiger partial charge is 0.379 e. The normalized spacial score (nSPS) is 15.2. The van der Waals surface area contributed by atoms with Crippen molar-refractivity contribution >= 4 is 22.9 Å². The minimum absolute atomic E-state index is 0.353. The Morgan fingerprint density at radius 2 is 1.79 bits per heavy atom. The van der Waals surface area contributed by atoms with E-state index in [1.165, 1.54) is 12.1 Å². The van der Waals surface area contributed by atoms with Crippen molar-refractivity contribution in [2.75, 3.05) is 56.6 Å². The van der Waals surface area contributed by atoms with Gasteiger partial charge in [0.15, 0.2) is 17.0 Å². The number of aromatic nitrogens is 4. The molecule has 0 amide bonds. The molecule has 0 spiro atoms. The number of benzene rings is 1. The Labute approximate surface area is 190 Å². The number of halogens is 3. The SMILES string of the molecule is CCCNc1nc(NCCN2CCOCC2)nc2c1ncn2Cc1ccc(C(F)(F)F)cc1. The Hall–Kier alpha value is -2.92. The van der Waals surface area contributed by atoms with Gasteiger partial charge in [-0.3, -0.25) is 4.90 Å². The third-order valence-corrected chi connectivity index (χ3v) is 5.46. The van der Waals surface area contributed by atoms with E-state index in [-0.39, 0.29) is 0 Å². The number of nitrogens with one attached hydrogen (secondary N) is 2. The van der Waals surface area contributed by atoms with E-state index < -0.39 is 11.7 Å². The summed E-state index contributed by atoms with van der Waals surface area (Å²) < 4.78 is 45.8. The molecule has 11 heteroatoms. The van der Waals surface area contributed by atoms with Crippen LogP contribution in [-0.2, 0) is 17.5 Å². The maximum absolute atomic E-state index is 12.9. The van der Waals surface area contributed by atoms with Crippen molar-refractivity contribution in [3.05, 3.63) is 41.7 Å². The molecular weight excluding hydrogens is 435 g/mol. The lowest BCUT2D eigenvalue weighted by atomic mass is 10.1. The number of nitrogens with zero attached hydrogens (tertiary/aromatic N) is 5. The highest BCUT2D eigenvalue weighted by Crippen LogP contribution is 2.29. The number of alkyl halides is 3. The lowest BCUT2D eigenvalue weighted by molar-refractivity contribution is -0.137. The quantitative estimate of drug-likeness (QED) is 0.503. The number of hydrogen-bond acceptors (Lipinski definition) is 7. The summed E-state index contributed by atoms with van der Waals surface area (Å²) in [5.41, 5.74) is 1.32. The number of anilines is 2. The van der Waals surface area contributed by atoms with Gasteiger partial charge in [0.1, 0.15) is 0 Å². The highest BCUT2D eigenvalue weighted by Gasteiger charge is 2.30. The molecular formula is C22H28F3N7O. The fourth-order valence-corrected chi connectivity index (χ4v) is 3.65. The first kappa shape index (κ1) is 23.2. The average Bonchev–Trinajstić information content (AvgIpc) is 3.21. The standard InChI is InChI=1S/C22H28F3N7O/c1-2-7-26-19-18-20(30-21(29-19)27-8-9-31-10-12-33-13-11-31)32(15-28-18)14-16-3-5-17(6-4-16)22(23,24)25/h3-6,15H,2,7-14H2,1H3,(H2,26,27,29,30). The van der Waals surface area contributed by atoms with Crippen LogP contribution < -0.4 is 10.6 Å². The van der Waals surface area contributed by atoms with E-state index in [2.05, 4.69) is 37.4 Å². The van der Waals surface area contributed by atoms with Gasteiger partial charge in [0, 0.05) is 32.7 Å². The molecule has 0 aliphatic carbocycles. The number of ether oxygens (including phenoxy) is 1. The molecule has 2 N–H and O–H groups in total. The van der Waals surface area contributed by atoms with Gasteiger partial charge in [-0.25, -0.2) is 4.98 Å². The van der Waals surface area contributed by atoms with E-state index in [1.54, 1.807) is 6.33 Å². The Kier molecular flexibility index (Phi) is 7.29. The first-order valence-corrected chi connectivity index (χ1v) is 11.1. The number of rotatable bonds is 9. The second-order valence-electron chi connectivity index (χ2n) is 7.94. The third kappa shape index (κ3) is 5.91. The molecule has 178 valence electrons. The summed E-state index contributed by atoms with van der Waals surface area (Å²) in [6.07, 6.45) is -1.78. The largest absolute Gasteiger partial charge is 0.416 e. The molecule has 1 fully saturated rings. The Balaban J connectivity index is 1.53. The molecule has 1 saturated heterocycles. The van der Waals surface area contributed by atoms with Gasteiger partial charge >= 0.3 is 6.18 Å². The predicted molar refractivity (Wildman–Crippen MR) is 120 cm³/mol. The van der Waals surface area contributed by atoms with Gasteiger partial charge in [0.05, 0.1) is 31.6 Å². The summed E-state index contributed by atoms with van der Waals surface area (Å²) in [6.45, 7) is 8.01. The molecule has 1 aliphatic rings. The maximum Gasteiger partial charge on any atom is 0.416 e. The average molecular weight is 464 g/mol. The molecule has 8 nitrogen and oxygen atoms in total. The van der Waals surface area contributed by atoms with Gasteiger partial charge in [0.2, 0.25) is 5.95 Å². The Bertz CT molecular complexity index is 1050. The van der Waals surface area contributed by atoms with Crippen LogP contribution in [0.25, 0.3) is 11.2 Å². The van der Waals surface area contributed by atoms with Crippen molar-refractivity contribution in [2.45, 2.75) is 26.1 Å². The molecule has 0 saturated carbocycles. The molecule has 33 heavy (non-hydrogen) atoms. The molecule has 0 bridgehead atoms. The molecule has 0 unspecified atom stereocenters. The summed E-state index contributed by atoms with van der Waals surface area (Å²) in [4.78, 5) is 16.0. The first-order valence-electron chi connectivity index (χ1n) is 11.1. The second kappa shape index (κ2) is 10.3. The molecule has 3 heterocycles. The van der Waals surface area contributed by atoms with Gasteiger partial charge in [-0.15, -0.1) is 0 Å².